The Morgan fingerprint density at radius 3 is 2.37 bits per heavy atom. The molecule has 1 aliphatic carbocycles. The minimum atomic E-state index is -2.95. The van der Waals surface area contributed by atoms with Gasteiger partial charge in [0.05, 0.1) is 5.75 Å². The Hall–Kier alpha value is -1.56. The first-order valence-corrected chi connectivity index (χ1v) is 12.1. The molecule has 0 radical (unpaired) electrons. The fraction of sp³-hybridized carbons (Fsp3) is 0.667. The summed E-state index contributed by atoms with van der Waals surface area (Å²) in [5.41, 5.74) is 2.60. The Morgan fingerprint density at radius 2 is 1.85 bits per heavy atom. The maximum absolute atomic E-state index is 11.6. The Morgan fingerprint density at radius 1 is 1.19 bits per heavy atom. The second-order valence-electron chi connectivity index (χ2n) is 8.19. The highest BCUT2D eigenvalue weighted by Gasteiger charge is 2.45. The minimum Gasteiger partial charge on any atom is -0.357 e. The van der Waals surface area contributed by atoms with E-state index in [4.69, 9.17) is 0 Å². The van der Waals surface area contributed by atoms with Crippen LogP contribution in [0.2, 0.25) is 0 Å². The number of benzene rings is 1. The van der Waals surface area contributed by atoms with E-state index in [0.717, 1.165) is 44.7 Å². The number of nitrogens with one attached hydrogen (secondary N) is 2. The second kappa shape index (κ2) is 9.58. The number of hydrogen-bond acceptors (Lipinski definition) is 3. The summed E-state index contributed by atoms with van der Waals surface area (Å²) in [5, 5.41) is 6.63. The van der Waals surface area contributed by atoms with Crippen molar-refractivity contribution in [1.29, 1.82) is 0 Å². The second-order valence-corrected chi connectivity index (χ2v) is 10.3. The molecule has 0 aliphatic heterocycles. The van der Waals surface area contributed by atoms with Crippen molar-refractivity contribution >= 4 is 15.8 Å². The van der Waals surface area contributed by atoms with E-state index in [1.165, 1.54) is 17.4 Å². The number of sulfone groups is 1. The Labute approximate surface area is 165 Å². The standard InChI is InChI=1S/C21H35N3O2S/c1-5-22-20(24-15-21(12-13-21)16-27(4,25)26)23-14-6-7-18-8-10-19(11-9-18)17(2)3/h8-11,17H,5-7,12-16H2,1-4H3,(H2,22,23,24). The molecule has 1 saturated carbocycles. The lowest BCUT2D eigenvalue weighted by molar-refractivity contribution is 0.550. The van der Waals surface area contributed by atoms with E-state index in [0.29, 0.717) is 12.5 Å². The average Bonchev–Trinajstić information content (AvgIpc) is 3.34. The van der Waals surface area contributed by atoms with E-state index in [9.17, 15) is 8.42 Å². The third kappa shape index (κ3) is 7.91. The maximum atomic E-state index is 11.6. The lowest BCUT2D eigenvalue weighted by Crippen LogP contribution is -2.38. The number of aryl methyl sites for hydroxylation is 1. The van der Waals surface area contributed by atoms with Gasteiger partial charge in [-0.3, -0.25) is 4.99 Å². The summed E-state index contributed by atoms with van der Waals surface area (Å²) in [4.78, 5) is 4.64. The fourth-order valence-electron chi connectivity index (χ4n) is 3.24. The molecule has 1 aromatic carbocycles. The predicted octanol–water partition coefficient (Wildman–Crippen LogP) is 3.12. The van der Waals surface area contributed by atoms with Crippen molar-refractivity contribution in [2.24, 2.45) is 10.4 Å². The molecule has 2 rings (SSSR count). The first-order chi connectivity index (χ1) is 12.7. The Balaban J connectivity index is 1.78. The van der Waals surface area contributed by atoms with E-state index >= 15 is 0 Å². The van der Waals surface area contributed by atoms with E-state index < -0.39 is 9.84 Å². The van der Waals surface area contributed by atoms with Crippen LogP contribution in [0.25, 0.3) is 0 Å². The smallest absolute Gasteiger partial charge is 0.191 e. The summed E-state index contributed by atoms with van der Waals surface area (Å²) >= 11 is 0. The van der Waals surface area contributed by atoms with E-state index in [-0.39, 0.29) is 11.2 Å². The van der Waals surface area contributed by atoms with Gasteiger partial charge in [-0.2, -0.15) is 0 Å². The number of guanidine groups is 1. The van der Waals surface area contributed by atoms with Crippen LogP contribution in [-0.2, 0) is 16.3 Å². The van der Waals surface area contributed by atoms with E-state index in [1.54, 1.807) is 0 Å². The lowest BCUT2D eigenvalue weighted by Gasteiger charge is -2.15. The molecule has 0 saturated heterocycles. The topological polar surface area (TPSA) is 70.6 Å². The van der Waals surface area contributed by atoms with Crippen molar-refractivity contribution in [3.63, 3.8) is 0 Å². The normalized spacial score (nSPS) is 16.4. The van der Waals surface area contributed by atoms with Gasteiger partial charge in [-0.1, -0.05) is 38.1 Å². The van der Waals surface area contributed by atoms with Crippen molar-refractivity contribution in [1.82, 2.24) is 10.6 Å². The quantitative estimate of drug-likeness (QED) is 0.364. The van der Waals surface area contributed by atoms with Crippen LogP contribution in [0.5, 0.6) is 0 Å². The van der Waals surface area contributed by atoms with Crippen LogP contribution in [0, 0.1) is 5.41 Å². The SMILES string of the molecule is CCNC(=NCC1(CS(C)(=O)=O)CC1)NCCCc1ccc(C(C)C)cc1. The molecular formula is C21H35N3O2S. The van der Waals surface area contributed by atoms with Gasteiger partial charge in [0.2, 0.25) is 0 Å². The maximum Gasteiger partial charge on any atom is 0.191 e. The first kappa shape index (κ1) is 21.7. The van der Waals surface area contributed by atoms with E-state index in [1.807, 2.05) is 6.92 Å². The van der Waals surface area contributed by atoms with Crippen molar-refractivity contribution in [2.75, 3.05) is 31.6 Å². The molecule has 27 heavy (non-hydrogen) atoms. The zero-order chi connectivity index (χ0) is 19.9. The minimum absolute atomic E-state index is 0.131. The molecule has 2 N–H and O–H groups in total. The number of nitrogens with zero attached hydrogens (tertiary/aromatic N) is 1. The molecule has 0 heterocycles. The van der Waals surface area contributed by atoms with Crippen molar-refractivity contribution < 1.29 is 8.42 Å². The summed E-state index contributed by atoms with van der Waals surface area (Å²) in [6.07, 6.45) is 5.28. The van der Waals surface area contributed by atoms with Crippen molar-refractivity contribution in [2.45, 2.75) is 52.4 Å². The molecule has 0 bridgehead atoms. The van der Waals surface area contributed by atoms with Crippen LogP contribution >= 0.6 is 0 Å². The van der Waals surface area contributed by atoms with Gasteiger partial charge >= 0.3 is 0 Å². The fourth-order valence-corrected chi connectivity index (χ4v) is 4.73. The monoisotopic (exact) mass is 393 g/mol. The first-order valence-electron chi connectivity index (χ1n) is 10.0. The summed E-state index contributed by atoms with van der Waals surface area (Å²) < 4.78 is 23.2. The van der Waals surface area contributed by atoms with E-state index in [2.05, 4.69) is 53.7 Å². The zero-order valence-corrected chi connectivity index (χ0v) is 18.0. The molecule has 1 fully saturated rings. The molecule has 0 aromatic heterocycles. The molecule has 0 atom stereocenters. The number of rotatable bonds is 10. The van der Waals surface area contributed by atoms with Crippen LogP contribution < -0.4 is 10.6 Å². The largest absolute Gasteiger partial charge is 0.357 e. The highest BCUT2D eigenvalue weighted by Crippen LogP contribution is 2.46. The van der Waals surface area contributed by atoms with Crippen LogP contribution in [0.4, 0.5) is 0 Å². The molecular weight excluding hydrogens is 358 g/mol. The van der Waals surface area contributed by atoms with Gasteiger partial charge in [0.15, 0.2) is 5.96 Å². The molecule has 1 aromatic rings. The zero-order valence-electron chi connectivity index (χ0n) is 17.2. The molecule has 6 heteroatoms. The number of hydrogen-bond donors (Lipinski definition) is 2. The summed E-state index contributed by atoms with van der Waals surface area (Å²) in [5.74, 6) is 1.60. The Kier molecular flexibility index (Phi) is 7.71. The highest BCUT2D eigenvalue weighted by molar-refractivity contribution is 7.90. The summed E-state index contributed by atoms with van der Waals surface area (Å²) in [7, 11) is -2.95. The van der Waals surface area contributed by atoms with Crippen molar-refractivity contribution in [3.05, 3.63) is 35.4 Å². The molecule has 0 amide bonds. The van der Waals surface area contributed by atoms with Crippen LogP contribution in [0.3, 0.4) is 0 Å². The Bertz CT molecular complexity index is 720. The average molecular weight is 394 g/mol. The van der Waals surface area contributed by atoms with Gasteiger partial charge in [0.25, 0.3) is 0 Å². The van der Waals surface area contributed by atoms with Gasteiger partial charge in [-0.05, 0) is 49.7 Å². The van der Waals surface area contributed by atoms with Crippen LogP contribution in [0.15, 0.2) is 29.3 Å². The summed E-state index contributed by atoms with van der Waals surface area (Å²) in [6.45, 7) is 8.67. The molecule has 5 nitrogen and oxygen atoms in total. The van der Waals surface area contributed by atoms with Gasteiger partial charge < -0.3 is 10.6 Å². The van der Waals surface area contributed by atoms with Gasteiger partial charge in [0.1, 0.15) is 9.84 Å². The third-order valence-electron chi connectivity index (χ3n) is 5.02. The predicted molar refractivity (Wildman–Crippen MR) is 114 cm³/mol. The highest BCUT2D eigenvalue weighted by atomic mass is 32.2. The summed E-state index contributed by atoms with van der Waals surface area (Å²) in [6, 6.07) is 8.87. The molecule has 152 valence electrons. The molecule has 1 aliphatic rings. The third-order valence-corrected chi connectivity index (χ3v) is 6.16. The number of aliphatic imine (C=N–C) groups is 1. The van der Waals surface area contributed by atoms with Gasteiger partial charge in [0, 0.05) is 31.3 Å². The van der Waals surface area contributed by atoms with Gasteiger partial charge in [-0.25, -0.2) is 8.42 Å². The van der Waals surface area contributed by atoms with Gasteiger partial charge in [-0.15, -0.1) is 0 Å². The van der Waals surface area contributed by atoms with Crippen LogP contribution in [0.1, 0.15) is 57.1 Å². The van der Waals surface area contributed by atoms with Crippen LogP contribution in [-0.4, -0.2) is 46.0 Å². The van der Waals surface area contributed by atoms with Crippen molar-refractivity contribution in [3.8, 4) is 0 Å². The molecule has 0 spiro atoms. The lowest BCUT2D eigenvalue weighted by atomic mass is 10.0. The molecule has 0 unspecified atom stereocenters.